The standard InChI is InChI=1S/C9H15N5O4S2/c1-19(15,16)13-2-4-14(5-3-13)20(17,18)8-6-11-9(10)12-7-8/h6-7H,2-5H2,1H3,(H2,10,11,12). The van der Waals surface area contributed by atoms with Gasteiger partial charge in [-0.3, -0.25) is 0 Å². The van der Waals surface area contributed by atoms with Gasteiger partial charge in [-0.25, -0.2) is 26.8 Å². The van der Waals surface area contributed by atoms with Crippen molar-refractivity contribution in [2.24, 2.45) is 0 Å². The first kappa shape index (κ1) is 15.1. The van der Waals surface area contributed by atoms with E-state index >= 15 is 0 Å². The molecule has 1 aliphatic heterocycles. The summed E-state index contributed by atoms with van der Waals surface area (Å²) in [6.07, 6.45) is 3.38. The lowest BCUT2D eigenvalue weighted by Gasteiger charge is -2.32. The molecule has 2 N–H and O–H groups in total. The molecule has 1 aromatic rings. The van der Waals surface area contributed by atoms with Crippen LogP contribution < -0.4 is 5.73 Å². The van der Waals surface area contributed by atoms with E-state index in [1.807, 2.05) is 0 Å². The molecular formula is C9H15N5O4S2. The molecule has 1 fully saturated rings. The second kappa shape index (κ2) is 5.24. The van der Waals surface area contributed by atoms with Crippen LogP contribution in [0.5, 0.6) is 0 Å². The van der Waals surface area contributed by atoms with Gasteiger partial charge in [0.15, 0.2) is 0 Å². The number of piperazine rings is 1. The molecule has 0 spiro atoms. The normalized spacial score (nSPS) is 19.1. The first-order valence-corrected chi connectivity index (χ1v) is 9.03. The third-order valence-electron chi connectivity index (χ3n) is 2.95. The summed E-state index contributed by atoms with van der Waals surface area (Å²) in [5.74, 6) is -0.00848. The van der Waals surface area contributed by atoms with Crippen molar-refractivity contribution in [1.82, 2.24) is 18.6 Å². The highest BCUT2D eigenvalue weighted by Crippen LogP contribution is 2.17. The second-order valence-corrected chi connectivity index (χ2v) is 8.26. The Morgan fingerprint density at radius 3 is 1.90 bits per heavy atom. The highest BCUT2D eigenvalue weighted by molar-refractivity contribution is 7.89. The zero-order valence-electron chi connectivity index (χ0n) is 10.8. The Kier molecular flexibility index (Phi) is 3.95. The summed E-state index contributed by atoms with van der Waals surface area (Å²) < 4.78 is 49.8. The smallest absolute Gasteiger partial charge is 0.246 e. The molecule has 20 heavy (non-hydrogen) atoms. The zero-order chi connectivity index (χ0) is 15.0. The molecule has 0 amide bonds. The molecule has 0 aromatic carbocycles. The van der Waals surface area contributed by atoms with Crippen LogP contribution in [0.3, 0.4) is 0 Å². The van der Waals surface area contributed by atoms with E-state index in [1.165, 1.54) is 8.61 Å². The number of nitrogens with zero attached hydrogens (tertiary/aromatic N) is 4. The molecule has 0 unspecified atom stereocenters. The maximum absolute atomic E-state index is 12.3. The van der Waals surface area contributed by atoms with Crippen molar-refractivity contribution in [2.75, 3.05) is 38.2 Å². The molecule has 2 rings (SSSR count). The van der Waals surface area contributed by atoms with Crippen LogP contribution in [0.15, 0.2) is 17.3 Å². The van der Waals surface area contributed by atoms with E-state index in [0.29, 0.717) is 0 Å². The van der Waals surface area contributed by atoms with Gasteiger partial charge in [0.05, 0.1) is 18.6 Å². The van der Waals surface area contributed by atoms with Gasteiger partial charge in [-0.05, 0) is 0 Å². The summed E-state index contributed by atoms with van der Waals surface area (Å²) in [5.41, 5.74) is 5.31. The van der Waals surface area contributed by atoms with E-state index in [1.54, 1.807) is 0 Å². The molecular weight excluding hydrogens is 306 g/mol. The summed E-state index contributed by atoms with van der Waals surface area (Å²) in [7, 11) is -7.01. The maximum Gasteiger partial charge on any atom is 0.246 e. The van der Waals surface area contributed by atoms with Crippen molar-refractivity contribution >= 4 is 26.0 Å². The van der Waals surface area contributed by atoms with Crippen LogP contribution in [0.2, 0.25) is 0 Å². The maximum atomic E-state index is 12.3. The van der Waals surface area contributed by atoms with Crippen molar-refractivity contribution in [3.63, 3.8) is 0 Å². The summed E-state index contributed by atoms with van der Waals surface area (Å²) >= 11 is 0. The number of aromatic nitrogens is 2. The number of sulfonamides is 2. The Balaban J connectivity index is 2.15. The SMILES string of the molecule is CS(=O)(=O)N1CCN(S(=O)(=O)c2cnc(N)nc2)CC1. The van der Waals surface area contributed by atoms with Crippen LogP contribution >= 0.6 is 0 Å². The summed E-state index contributed by atoms with van der Waals surface area (Å²) in [6, 6.07) is 0. The van der Waals surface area contributed by atoms with Gasteiger partial charge in [0.25, 0.3) is 0 Å². The summed E-state index contributed by atoms with van der Waals surface area (Å²) in [4.78, 5) is 7.24. The number of hydrogen-bond acceptors (Lipinski definition) is 7. The van der Waals surface area contributed by atoms with Gasteiger partial charge >= 0.3 is 0 Å². The minimum absolute atomic E-state index is 0.00848. The fourth-order valence-electron chi connectivity index (χ4n) is 1.85. The fraction of sp³-hybridized carbons (Fsp3) is 0.556. The van der Waals surface area contributed by atoms with Gasteiger partial charge in [-0.1, -0.05) is 0 Å². The van der Waals surface area contributed by atoms with Gasteiger partial charge in [-0.2, -0.15) is 8.61 Å². The van der Waals surface area contributed by atoms with Gasteiger partial charge in [-0.15, -0.1) is 0 Å². The number of hydrogen-bond donors (Lipinski definition) is 1. The Morgan fingerprint density at radius 2 is 1.45 bits per heavy atom. The van der Waals surface area contributed by atoms with Crippen LogP contribution in [0.1, 0.15) is 0 Å². The number of nitrogen functional groups attached to an aromatic ring is 1. The van der Waals surface area contributed by atoms with Crippen LogP contribution in [0, 0.1) is 0 Å². The molecule has 1 aliphatic rings. The molecule has 112 valence electrons. The molecule has 0 aliphatic carbocycles. The van der Waals surface area contributed by atoms with Crippen molar-refractivity contribution in [3.05, 3.63) is 12.4 Å². The lowest BCUT2D eigenvalue weighted by atomic mass is 10.4. The van der Waals surface area contributed by atoms with E-state index in [9.17, 15) is 16.8 Å². The highest BCUT2D eigenvalue weighted by atomic mass is 32.2. The molecule has 2 heterocycles. The van der Waals surface area contributed by atoms with Crippen molar-refractivity contribution in [2.45, 2.75) is 4.90 Å². The molecule has 0 atom stereocenters. The third-order valence-corrected chi connectivity index (χ3v) is 6.11. The first-order chi connectivity index (χ1) is 9.21. The van der Waals surface area contributed by atoms with Crippen molar-refractivity contribution < 1.29 is 16.8 Å². The molecule has 0 bridgehead atoms. The predicted octanol–water partition coefficient (Wildman–Crippen LogP) is -1.68. The van der Waals surface area contributed by atoms with E-state index in [0.717, 1.165) is 18.6 Å². The van der Waals surface area contributed by atoms with Gasteiger partial charge in [0.2, 0.25) is 26.0 Å². The highest BCUT2D eigenvalue weighted by Gasteiger charge is 2.31. The number of anilines is 1. The van der Waals surface area contributed by atoms with E-state index in [4.69, 9.17) is 5.73 Å². The van der Waals surface area contributed by atoms with Gasteiger partial charge in [0.1, 0.15) is 4.90 Å². The molecule has 1 saturated heterocycles. The van der Waals surface area contributed by atoms with E-state index < -0.39 is 20.0 Å². The Morgan fingerprint density at radius 1 is 1.00 bits per heavy atom. The molecule has 9 nitrogen and oxygen atoms in total. The van der Waals surface area contributed by atoms with E-state index in [2.05, 4.69) is 9.97 Å². The lowest BCUT2D eigenvalue weighted by molar-refractivity contribution is 0.274. The Labute approximate surface area is 117 Å². The minimum atomic E-state index is -3.72. The average Bonchev–Trinajstić information content (AvgIpc) is 2.38. The minimum Gasteiger partial charge on any atom is -0.368 e. The van der Waals surface area contributed by atoms with Gasteiger partial charge < -0.3 is 5.73 Å². The summed E-state index contributed by atoms with van der Waals surface area (Å²) in [5, 5.41) is 0. The first-order valence-electron chi connectivity index (χ1n) is 5.74. The topological polar surface area (TPSA) is 127 Å². The summed E-state index contributed by atoms with van der Waals surface area (Å²) in [6.45, 7) is 0.460. The molecule has 11 heteroatoms. The number of rotatable bonds is 3. The van der Waals surface area contributed by atoms with Crippen LogP contribution in [0.4, 0.5) is 5.95 Å². The second-order valence-electron chi connectivity index (χ2n) is 4.34. The van der Waals surface area contributed by atoms with Crippen LogP contribution in [-0.4, -0.2) is 67.8 Å². The average molecular weight is 321 g/mol. The monoisotopic (exact) mass is 321 g/mol. The Bertz CT molecular complexity index is 678. The molecule has 1 aromatic heterocycles. The lowest BCUT2D eigenvalue weighted by Crippen LogP contribution is -2.50. The van der Waals surface area contributed by atoms with Crippen LogP contribution in [-0.2, 0) is 20.0 Å². The predicted molar refractivity (Wildman–Crippen MR) is 71.6 cm³/mol. The quantitative estimate of drug-likeness (QED) is 0.704. The third kappa shape index (κ3) is 3.06. The van der Waals surface area contributed by atoms with Gasteiger partial charge in [0, 0.05) is 26.2 Å². The fourth-order valence-corrected chi connectivity index (χ4v) is 3.99. The molecule has 0 radical (unpaired) electrons. The molecule has 0 saturated carbocycles. The van der Waals surface area contributed by atoms with E-state index in [-0.39, 0.29) is 37.0 Å². The van der Waals surface area contributed by atoms with Crippen LogP contribution in [0.25, 0.3) is 0 Å². The zero-order valence-corrected chi connectivity index (χ0v) is 12.4. The largest absolute Gasteiger partial charge is 0.368 e. The Hall–Kier alpha value is -1.30. The number of nitrogens with two attached hydrogens (primary N) is 1. The van der Waals surface area contributed by atoms with Crippen molar-refractivity contribution in [3.8, 4) is 0 Å². The van der Waals surface area contributed by atoms with Crippen molar-refractivity contribution in [1.29, 1.82) is 0 Å².